The summed E-state index contributed by atoms with van der Waals surface area (Å²) in [5, 5.41) is 2.57. The fraction of sp³-hybridized carbons (Fsp3) is 0.100. The Bertz CT molecular complexity index is 1320. The maximum atomic E-state index is 13.0. The minimum atomic E-state index is -0.500. The lowest BCUT2D eigenvalue weighted by Gasteiger charge is -2.09. The molecule has 0 aliphatic rings. The Morgan fingerprint density at radius 3 is 2.33 bits per heavy atom. The Kier molecular flexibility index (Phi) is 4.02. The molecule has 2 aromatic heterocycles. The van der Waals surface area contributed by atoms with Crippen LogP contribution in [0.15, 0.2) is 47.3 Å². The first-order valence-electron chi connectivity index (χ1n) is 8.17. The second-order valence-corrected chi connectivity index (χ2v) is 7.28. The summed E-state index contributed by atoms with van der Waals surface area (Å²) < 4.78 is 3.50. The third kappa shape index (κ3) is 2.62. The minimum absolute atomic E-state index is 0.173. The van der Waals surface area contributed by atoms with E-state index in [1.807, 2.05) is 17.7 Å². The van der Waals surface area contributed by atoms with Crippen LogP contribution in [0.25, 0.3) is 33.1 Å². The molecule has 0 aliphatic carbocycles. The molecule has 0 saturated heterocycles. The number of hydrogen-bond acceptors (Lipinski definition) is 2. The molecule has 0 radical (unpaired) electrons. The van der Waals surface area contributed by atoms with E-state index in [9.17, 15) is 9.59 Å². The van der Waals surface area contributed by atoms with Gasteiger partial charge in [0, 0.05) is 46.6 Å². The number of amides is 1. The zero-order valence-electron chi connectivity index (χ0n) is 14.6. The normalized spacial score (nSPS) is 11.4. The third-order valence-electron chi connectivity index (χ3n) is 4.85. The molecule has 0 unspecified atom stereocenters. The number of pyridine rings is 1. The summed E-state index contributed by atoms with van der Waals surface area (Å²) in [5.74, 6) is -0.500. The molecule has 7 heteroatoms. The SMILES string of the molecule is Cn1c(=O)c(-c2ccc(Cl)cc2Cl)cc2c3cc(C(N)=O)ccc3n(C)c21. The summed E-state index contributed by atoms with van der Waals surface area (Å²) in [7, 11) is 3.59. The predicted octanol–water partition coefficient (Wildman–Crippen LogP) is 4.10. The number of carbonyl (C=O) groups is 1. The van der Waals surface area contributed by atoms with Crippen molar-refractivity contribution in [3.63, 3.8) is 0 Å². The number of carbonyl (C=O) groups excluding carboxylic acids is 1. The maximum absolute atomic E-state index is 13.0. The quantitative estimate of drug-likeness (QED) is 0.550. The summed E-state index contributed by atoms with van der Waals surface area (Å²) in [6.45, 7) is 0. The van der Waals surface area contributed by atoms with Crippen molar-refractivity contribution in [1.82, 2.24) is 9.13 Å². The van der Waals surface area contributed by atoms with Gasteiger partial charge < -0.3 is 10.3 Å². The number of benzene rings is 2. The van der Waals surface area contributed by atoms with Crippen LogP contribution >= 0.6 is 23.2 Å². The van der Waals surface area contributed by atoms with Gasteiger partial charge in [-0.2, -0.15) is 0 Å². The zero-order valence-corrected chi connectivity index (χ0v) is 16.1. The predicted molar refractivity (Wildman–Crippen MR) is 110 cm³/mol. The van der Waals surface area contributed by atoms with Crippen molar-refractivity contribution in [3.8, 4) is 11.1 Å². The average molecular weight is 400 g/mol. The summed E-state index contributed by atoms with van der Waals surface area (Å²) >= 11 is 12.3. The van der Waals surface area contributed by atoms with Crippen molar-refractivity contribution in [2.75, 3.05) is 0 Å². The Balaban J connectivity index is 2.15. The first-order chi connectivity index (χ1) is 12.8. The van der Waals surface area contributed by atoms with Crippen LogP contribution < -0.4 is 11.3 Å². The number of nitrogens with zero attached hydrogens (tertiary/aromatic N) is 2. The van der Waals surface area contributed by atoms with Crippen molar-refractivity contribution in [2.24, 2.45) is 19.8 Å². The highest BCUT2D eigenvalue weighted by molar-refractivity contribution is 6.36. The first kappa shape index (κ1) is 17.6. The molecule has 0 fully saturated rings. The van der Waals surface area contributed by atoms with Gasteiger partial charge in [-0.15, -0.1) is 0 Å². The third-order valence-corrected chi connectivity index (χ3v) is 5.40. The van der Waals surface area contributed by atoms with E-state index in [-0.39, 0.29) is 5.56 Å². The number of fused-ring (bicyclic) bond motifs is 3. The van der Waals surface area contributed by atoms with Gasteiger partial charge >= 0.3 is 0 Å². The van der Waals surface area contributed by atoms with E-state index in [0.29, 0.717) is 26.7 Å². The van der Waals surface area contributed by atoms with E-state index >= 15 is 0 Å². The van der Waals surface area contributed by atoms with Gasteiger partial charge in [0.25, 0.3) is 5.56 Å². The van der Waals surface area contributed by atoms with Gasteiger partial charge in [-0.1, -0.05) is 29.3 Å². The molecule has 0 aliphatic heterocycles. The lowest BCUT2D eigenvalue weighted by Crippen LogP contribution is -2.20. The molecule has 2 aromatic carbocycles. The van der Waals surface area contributed by atoms with Crippen molar-refractivity contribution in [1.29, 1.82) is 0 Å². The molecule has 27 heavy (non-hydrogen) atoms. The van der Waals surface area contributed by atoms with Crippen LogP contribution in [-0.2, 0) is 14.1 Å². The summed E-state index contributed by atoms with van der Waals surface area (Å²) in [6.07, 6.45) is 0. The summed E-state index contributed by atoms with van der Waals surface area (Å²) in [5.41, 5.74) is 8.37. The van der Waals surface area contributed by atoms with Crippen LogP contribution in [0, 0.1) is 0 Å². The van der Waals surface area contributed by atoms with E-state index in [1.165, 1.54) is 0 Å². The Labute approximate surface area is 164 Å². The molecule has 4 aromatic rings. The topological polar surface area (TPSA) is 70.0 Å². The number of halogens is 2. The number of rotatable bonds is 2. The highest BCUT2D eigenvalue weighted by atomic mass is 35.5. The number of aromatic nitrogens is 2. The molecule has 4 rings (SSSR count). The smallest absolute Gasteiger partial charge is 0.259 e. The molecule has 5 nitrogen and oxygen atoms in total. The van der Waals surface area contributed by atoms with Gasteiger partial charge in [0.1, 0.15) is 5.65 Å². The lowest BCUT2D eigenvalue weighted by atomic mass is 10.0. The van der Waals surface area contributed by atoms with Crippen LogP contribution in [0.5, 0.6) is 0 Å². The molecule has 2 N–H and O–H groups in total. The van der Waals surface area contributed by atoms with E-state index in [4.69, 9.17) is 28.9 Å². The van der Waals surface area contributed by atoms with Crippen molar-refractivity contribution in [2.45, 2.75) is 0 Å². The van der Waals surface area contributed by atoms with Crippen molar-refractivity contribution < 1.29 is 4.79 Å². The Hall–Kier alpha value is -2.76. The molecule has 2 heterocycles. The van der Waals surface area contributed by atoms with E-state index in [0.717, 1.165) is 21.9 Å². The van der Waals surface area contributed by atoms with Crippen LogP contribution in [0.3, 0.4) is 0 Å². The molecular weight excluding hydrogens is 385 g/mol. The van der Waals surface area contributed by atoms with Gasteiger partial charge in [-0.3, -0.25) is 14.2 Å². The average Bonchev–Trinajstić information content (AvgIpc) is 2.90. The fourth-order valence-electron chi connectivity index (χ4n) is 3.54. The van der Waals surface area contributed by atoms with Crippen LogP contribution in [0.1, 0.15) is 10.4 Å². The molecule has 136 valence electrons. The van der Waals surface area contributed by atoms with Crippen LogP contribution in [0.4, 0.5) is 0 Å². The maximum Gasteiger partial charge on any atom is 0.259 e. The molecule has 1 amide bonds. The fourth-order valence-corrected chi connectivity index (χ4v) is 4.05. The molecule has 0 spiro atoms. The van der Waals surface area contributed by atoms with Crippen LogP contribution in [-0.4, -0.2) is 15.0 Å². The number of primary amides is 1. The second-order valence-electron chi connectivity index (χ2n) is 6.44. The highest BCUT2D eigenvalue weighted by Crippen LogP contribution is 2.33. The van der Waals surface area contributed by atoms with Crippen LogP contribution in [0.2, 0.25) is 10.0 Å². The molecule has 0 bridgehead atoms. The van der Waals surface area contributed by atoms with Crippen molar-refractivity contribution >= 4 is 51.0 Å². The number of nitrogens with two attached hydrogens (primary N) is 1. The van der Waals surface area contributed by atoms with Gasteiger partial charge in [0.2, 0.25) is 5.91 Å². The van der Waals surface area contributed by atoms with Gasteiger partial charge in [-0.25, -0.2) is 0 Å². The number of aryl methyl sites for hydroxylation is 2. The number of hydrogen-bond donors (Lipinski definition) is 1. The van der Waals surface area contributed by atoms with Gasteiger partial charge in [0.05, 0.1) is 10.5 Å². The molecule has 0 atom stereocenters. The van der Waals surface area contributed by atoms with Gasteiger partial charge in [0.15, 0.2) is 0 Å². The minimum Gasteiger partial charge on any atom is -0.366 e. The lowest BCUT2D eigenvalue weighted by molar-refractivity contribution is 0.100. The zero-order chi connectivity index (χ0) is 19.5. The first-order valence-corrected chi connectivity index (χ1v) is 8.92. The van der Waals surface area contributed by atoms with E-state index in [1.54, 1.807) is 48.0 Å². The van der Waals surface area contributed by atoms with Gasteiger partial charge in [-0.05, 0) is 36.4 Å². The highest BCUT2D eigenvalue weighted by Gasteiger charge is 2.18. The standard InChI is InChI=1S/C20H15Cl2N3O2/c1-24-17-6-3-10(18(23)26)7-13(17)14-9-15(20(27)25(2)19(14)24)12-5-4-11(21)8-16(12)22/h3-9H,1-2H3,(H2,23,26). The largest absolute Gasteiger partial charge is 0.366 e. The van der Waals surface area contributed by atoms with E-state index in [2.05, 4.69) is 0 Å². The Morgan fingerprint density at radius 1 is 0.926 bits per heavy atom. The molecular formula is C20H15Cl2N3O2. The summed E-state index contributed by atoms with van der Waals surface area (Å²) in [6, 6.07) is 12.1. The molecule has 0 saturated carbocycles. The van der Waals surface area contributed by atoms with E-state index < -0.39 is 5.91 Å². The van der Waals surface area contributed by atoms with Crippen molar-refractivity contribution in [3.05, 3.63) is 68.4 Å². The Morgan fingerprint density at radius 2 is 1.67 bits per heavy atom. The second kappa shape index (κ2) is 6.15. The monoisotopic (exact) mass is 399 g/mol. The summed E-state index contributed by atoms with van der Waals surface area (Å²) in [4.78, 5) is 24.6.